The fraction of sp³-hybridized carbons (Fsp3) is 0.667. The number of likely N-dealkylation sites (tertiary alicyclic amines) is 1. The van der Waals surface area contributed by atoms with Gasteiger partial charge in [0.25, 0.3) is 0 Å². The number of carbonyl (C=O) groups excluding carboxylic acids is 3. The molecule has 1 rings (SSSR count). The summed E-state index contributed by atoms with van der Waals surface area (Å²) in [5.74, 6) is -1.85. The lowest BCUT2D eigenvalue weighted by Crippen LogP contribution is -2.46. The van der Waals surface area contributed by atoms with Gasteiger partial charge >= 0.3 is 12.0 Å². The molecule has 0 saturated carbocycles. The van der Waals surface area contributed by atoms with Crippen LogP contribution in [0.1, 0.15) is 32.1 Å². The topological polar surface area (TPSA) is 130 Å². The maximum atomic E-state index is 11.7. The van der Waals surface area contributed by atoms with Gasteiger partial charge < -0.3 is 15.7 Å². The molecule has 0 aromatic rings. The van der Waals surface area contributed by atoms with Crippen LogP contribution in [-0.2, 0) is 14.4 Å². The molecule has 0 aromatic carbocycles. The highest BCUT2D eigenvalue weighted by Crippen LogP contribution is 2.19. The number of urea groups is 1. The Bertz CT molecular complexity index is 402. The van der Waals surface area contributed by atoms with E-state index in [2.05, 4.69) is 5.32 Å². The molecule has 0 radical (unpaired) electrons. The van der Waals surface area contributed by atoms with Crippen molar-refractivity contribution in [3.05, 3.63) is 0 Å². The summed E-state index contributed by atoms with van der Waals surface area (Å²) in [5.41, 5.74) is 5.12. The number of hydrogen-bond donors (Lipinski definition) is 3. The van der Waals surface area contributed by atoms with E-state index in [1.807, 2.05) is 0 Å². The van der Waals surface area contributed by atoms with Gasteiger partial charge in [0.05, 0.1) is 6.42 Å². The number of primary amides is 1. The lowest BCUT2D eigenvalue weighted by molar-refractivity contribution is -0.138. The summed E-state index contributed by atoms with van der Waals surface area (Å²) in [6.07, 6.45) is 1.12. The van der Waals surface area contributed by atoms with E-state index in [1.54, 1.807) is 0 Å². The lowest BCUT2D eigenvalue weighted by Gasteiger charge is -2.31. The van der Waals surface area contributed by atoms with E-state index < -0.39 is 17.9 Å². The van der Waals surface area contributed by atoms with Gasteiger partial charge in [-0.1, -0.05) is 0 Å². The number of amides is 4. The Morgan fingerprint density at radius 2 is 1.75 bits per heavy atom. The Labute approximate surface area is 116 Å². The number of carbonyl (C=O) groups is 4. The number of nitrogens with one attached hydrogen (secondary N) is 1. The van der Waals surface area contributed by atoms with Crippen molar-refractivity contribution in [3.8, 4) is 0 Å². The molecule has 0 bridgehead atoms. The second kappa shape index (κ2) is 7.46. The molecule has 1 aliphatic rings. The van der Waals surface area contributed by atoms with Crippen LogP contribution < -0.4 is 11.1 Å². The van der Waals surface area contributed by atoms with Crippen molar-refractivity contribution in [1.82, 2.24) is 10.2 Å². The van der Waals surface area contributed by atoms with Crippen LogP contribution in [0.4, 0.5) is 4.79 Å². The first kappa shape index (κ1) is 15.9. The summed E-state index contributed by atoms with van der Waals surface area (Å²) < 4.78 is 0. The third kappa shape index (κ3) is 5.68. The standard InChI is InChI=1S/C12H19N3O5/c13-9(16)7-8-3-5-15(6-4-8)12(20)14-10(17)1-2-11(18)19/h8H,1-7H2,(H2,13,16)(H,18,19)(H,14,17,20). The molecule has 1 fully saturated rings. The number of nitrogens with zero attached hydrogens (tertiary/aromatic N) is 1. The second-order valence-corrected chi connectivity index (χ2v) is 4.85. The van der Waals surface area contributed by atoms with Gasteiger partial charge in [0, 0.05) is 25.9 Å². The lowest BCUT2D eigenvalue weighted by atomic mass is 9.93. The molecule has 0 atom stereocenters. The number of piperidine rings is 1. The quantitative estimate of drug-likeness (QED) is 0.637. The Hall–Kier alpha value is -2.12. The predicted octanol–water partition coefficient (Wildman–Crippen LogP) is -0.325. The highest BCUT2D eigenvalue weighted by atomic mass is 16.4. The van der Waals surface area contributed by atoms with Crippen molar-refractivity contribution in [2.24, 2.45) is 11.7 Å². The van der Waals surface area contributed by atoms with Crippen molar-refractivity contribution >= 4 is 23.8 Å². The Balaban J connectivity index is 2.30. The Kier molecular flexibility index (Phi) is 5.95. The molecule has 0 aromatic heterocycles. The summed E-state index contributed by atoms with van der Waals surface area (Å²) in [4.78, 5) is 45.6. The van der Waals surface area contributed by atoms with Crippen molar-refractivity contribution in [1.29, 1.82) is 0 Å². The van der Waals surface area contributed by atoms with Crippen LogP contribution in [0.25, 0.3) is 0 Å². The van der Waals surface area contributed by atoms with E-state index >= 15 is 0 Å². The van der Waals surface area contributed by atoms with Crippen molar-refractivity contribution in [2.75, 3.05) is 13.1 Å². The minimum atomic E-state index is -1.08. The molecule has 0 aliphatic carbocycles. The van der Waals surface area contributed by atoms with Gasteiger partial charge in [-0.05, 0) is 18.8 Å². The fourth-order valence-electron chi connectivity index (χ4n) is 2.11. The van der Waals surface area contributed by atoms with E-state index in [-0.39, 0.29) is 24.7 Å². The maximum absolute atomic E-state index is 11.7. The number of nitrogens with two attached hydrogens (primary N) is 1. The predicted molar refractivity (Wildman–Crippen MR) is 68.5 cm³/mol. The van der Waals surface area contributed by atoms with Crippen LogP contribution in [0.15, 0.2) is 0 Å². The molecule has 0 unspecified atom stereocenters. The number of carboxylic acid groups (broad SMARTS) is 1. The molecular weight excluding hydrogens is 266 g/mol. The summed E-state index contributed by atoms with van der Waals surface area (Å²) in [6, 6.07) is -0.516. The molecule has 8 nitrogen and oxygen atoms in total. The van der Waals surface area contributed by atoms with Crippen molar-refractivity contribution in [2.45, 2.75) is 32.1 Å². The van der Waals surface area contributed by atoms with Crippen LogP contribution in [0, 0.1) is 5.92 Å². The summed E-state index contributed by atoms with van der Waals surface area (Å²) in [5, 5.41) is 10.6. The van der Waals surface area contributed by atoms with E-state index in [9.17, 15) is 19.2 Å². The molecule has 8 heteroatoms. The van der Waals surface area contributed by atoms with E-state index in [1.165, 1.54) is 4.90 Å². The van der Waals surface area contributed by atoms with Gasteiger partial charge in [-0.25, -0.2) is 4.79 Å². The largest absolute Gasteiger partial charge is 0.481 e. The smallest absolute Gasteiger partial charge is 0.324 e. The third-order valence-corrected chi connectivity index (χ3v) is 3.20. The van der Waals surface area contributed by atoms with Crippen LogP contribution in [0.3, 0.4) is 0 Å². The normalized spacial score (nSPS) is 15.7. The second-order valence-electron chi connectivity index (χ2n) is 4.85. The first-order valence-electron chi connectivity index (χ1n) is 6.47. The van der Waals surface area contributed by atoms with E-state index in [4.69, 9.17) is 10.8 Å². The molecule has 0 spiro atoms. The molecule has 4 amide bonds. The molecule has 112 valence electrons. The summed E-state index contributed by atoms with van der Waals surface area (Å²) >= 11 is 0. The van der Waals surface area contributed by atoms with Crippen LogP contribution >= 0.6 is 0 Å². The molecule has 4 N–H and O–H groups in total. The van der Waals surface area contributed by atoms with Crippen LogP contribution in [-0.4, -0.2) is 46.9 Å². The summed E-state index contributed by atoms with van der Waals surface area (Å²) in [7, 11) is 0. The minimum absolute atomic E-state index is 0.180. The van der Waals surface area contributed by atoms with Gasteiger partial charge in [-0.3, -0.25) is 19.7 Å². The van der Waals surface area contributed by atoms with E-state index in [0.717, 1.165) is 0 Å². The summed E-state index contributed by atoms with van der Waals surface area (Å²) in [6.45, 7) is 0.909. The average Bonchev–Trinajstić information content (AvgIpc) is 2.36. The SMILES string of the molecule is NC(=O)CC1CCN(C(=O)NC(=O)CCC(=O)O)CC1. The van der Waals surface area contributed by atoms with Gasteiger partial charge in [-0.2, -0.15) is 0 Å². The Morgan fingerprint density at radius 3 is 2.25 bits per heavy atom. The highest BCUT2D eigenvalue weighted by Gasteiger charge is 2.24. The zero-order chi connectivity index (χ0) is 15.1. The average molecular weight is 285 g/mol. The first-order chi connectivity index (χ1) is 9.38. The fourth-order valence-corrected chi connectivity index (χ4v) is 2.11. The molecule has 1 saturated heterocycles. The molecule has 1 heterocycles. The number of rotatable bonds is 5. The zero-order valence-electron chi connectivity index (χ0n) is 11.1. The number of hydrogen-bond acceptors (Lipinski definition) is 4. The monoisotopic (exact) mass is 285 g/mol. The van der Waals surface area contributed by atoms with Gasteiger partial charge in [0.2, 0.25) is 11.8 Å². The molecule has 1 aliphatic heterocycles. The van der Waals surface area contributed by atoms with E-state index in [0.29, 0.717) is 32.4 Å². The Morgan fingerprint density at radius 1 is 1.15 bits per heavy atom. The minimum Gasteiger partial charge on any atom is -0.481 e. The zero-order valence-corrected chi connectivity index (χ0v) is 11.1. The van der Waals surface area contributed by atoms with Gasteiger partial charge in [0.1, 0.15) is 0 Å². The van der Waals surface area contributed by atoms with Gasteiger partial charge in [0.15, 0.2) is 0 Å². The molecular formula is C12H19N3O5. The van der Waals surface area contributed by atoms with Crippen LogP contribution in [0.2, 0.25) is 0 Å². The van der Waals surface area contributed by atoms with Crippen molar-refractivity contribution < 1.29 is 24.3 Å². The number of imide groups is 1. The number of aliphatic carboxylic acids is 1. The maximum Gasteiger partial charge on any atom is 0.324 e. The van der Waals surface area contributed by atoms with Gasteiger partial charge in [-0.15, -0.1) is 0 Å². The highest BCUT2D eigenvalue weighted by molar-refractivity contribution is 5.95. The third-order valence-electron chi connectivity index (χ3n) is 3.20. The number of carboxylic acids is 1. The van der Waals surface area contributed by atoms with Crippen molar-refractivity contribution in [3.63, 3.8) is 0 Å². The van der Waals surface area contributed by atoms with Crippen LogP contribution in [0.5, 0.6) is 0 Å². The molecule has 20 heavy (non-hydrogen) atoms. The first-order valence-corrected chi connectivity index (χ1v) is 6.47.